The van der Waals surface area contributed by atoms with Crippen molar-refractivity contribution in [3.05, 3.63) is 35.2 Å². The summed E-state index contributed by atoms with van der Waals surface area (Å²) in [6.07, 6.45) is 2.08. The van der Waals surface area contributed by atoms with E-state index < -0.39 is 0 Å². The summed E-state index contributed by atoms with van der Waals surface area (Å²) in [6.45, 7) is 4.27. The molecule has 0 spiro atoms. The Balaban J connectivity index is 1.65. The lowest BCUT2D eigenvalue weighted by Gasteiger charge is -2.22. The molecule has 1 aromatic heterocycles. The van der Waals surface area contributed by atoms with E-state index in [1.165, 1.54) is 11.3 Å². The highest BCUT2D eigenvalue weighted by Gasteiger charge is 2.11. The summed E-state index contributed by atoms with van der Waals surface area (Å²) in [5.41, 5.74) is 7.76. The van der Waals surface area contributed by atoms with Crippen LogP contribution >= 0.6 is 11.3 Å². The maximum absolute atomic E-state index is 4.60. The van der Waals surface area contributed by atoms with Crippen LogP contribution in [0.15, 0.2) is 34.7 Å². The molecule has 0 atom stereocenters. The summed E-state index contributed by atoms with van der Waals surface area (Å²) in [5, 5.41) is 7.43. The molecule has 5 heteroatoms. The van der Waals surface area contributed by atoms with Crippen LogP contribution in [-0.2, 0) is 0 Å². The van der Waals surface area contributed by atoms with Gasteiger partial charge < -0.3 is 4.90 Å². The molecule has 2 aromatic rings. The Labute approximate surface area is 129 Å². The van der Waals surface area contributed by atoms with Gasteiger partial charge in [0, 0.05) is 42.6 Å². The number of nitrogens with zero attached hydrogens (tertiary/aromatic N) is 3. The first kappa shape index (κ1) is 14.2. The zero-order chi connectivity index (χ0) is 14.7. The van der Waals surface area contributed by atoms with Crippen molar-refractivity contribution in [3.63, 3.8) is 0 Å². The largest absolute Gasteiger partial charge is 0.306 e. The Hall–Kier alpha value is -1.72. The second-order valence-corrected chi connectivity index (χ2v) is 6.36. The second-order valence-electron chi connectivity index (χ2n) is 5.50. The zero-order valence-electron chi connectivity index (χ0n) is 12.5. The number of hydrogen-bond acceptors (Lipinski definition) is 5. The first-order valence-electron chi connectivity index (χ1n) is 7.23. The quantitative estimate of drug-likeness (QED) is 0.880. The monoisotopic (exact) mass is 300 g/mol. The van der Waals surface area contributed by atoms with Gasteiger partial charge in [0.05, 0.1) is 5.69 Å². The highest BCUT2D eigenvalue weighted by molar-refractivity contribution is 7.14. The highest BCUT2D eigenvalue weighted by Crippen LogP contribution is 2.25. The van der Waals surface area contributed by atoms with Gasteiger partial charge in [0.25, 0.3) is 0 Å². The molecule has 1 aliphatic heterocycles. The van der Waals surface area contributed by atoms with E-state index in [0.29, 0.717) is 0 Å². The number of piperidine rings is 1. The van der Waals surface area contributed by atoms with Gasteiger partial charge in [0.15, 0.2) is 0 Å². The number of rotatable bonds is 3. The van der Waals surface area contributed by atoms with Crippen LogP contribution in [0.2, 0.25) is 0 Å². The fraction of sp³-hybridized carbons (Fsp3) is 0.375. The van der Waals surface area contributed by atoms with Crippen molar-refractivity contribution in [1.82, 2.24) is 9.88 Å². The van der Waals surface area contributed by atoms with Crippen LogP contribution in [0.5, 0.6) is 0 Å². The Morgan fingerprint density at radius 2 is 1.90 bits per heavy atom. The summed E-state index contributed by atoms with van der Waals surface area (Å²) < 4.78 is 0. The predicted molar refractivity (Wildman–Crippen MR) is 90.1 cm³/mol. The lowest BCUT2D eigenvalue weighted by Crippen LogP contribution is -2.30. The number of likely N-dealkylation sites (tertiary alicyclic amines) is 1. The topological polar surface area (TPSA) is 40.5 Å². The molecule has 3 rings (SSSR count). The molecule has 110 valence electrons. The molecular formula is C16H20N4S. The molecule has 1 fully saturated rings. The molecule has 2 heterocycles. The van der Waals surface area contributed by atoms with Crippen LogP contribution in [0.25, 0.3) is 11.3 Å². The Morgan fingerprint density at radius 1 is 1.19 bits per heavy atom. The molecule has 1 aliphatic rings. The lowest BCUT2D eigenvalue weighted by molar-refractivity contribution is 0.336. The molecular weight excluding hydrogens is 280 g/mol. The van der Waals surface area contributed by atoms with Crippen molar-refractivity contribution >= 4 is 22.2 Å². The van der Waals surface area contributed by atoms with Gasteiger partial charge in [-0.15, -0.1) is 11.3 Å². The van der Waals surface area contributed by atoms with Gasteiger partial charge in [0.1, 0.15) is 0 Å². The predicted octanol–water partition coefficient (Wildman–Crippen LogP) is 3.61. The summed E-state index contributed by atoms with van der Waals surface area (Å²) in [4.78, 5) is 6.93. The van der Waals surface area contributed by atoms with E-state index in [-0.39, 0.29) is 0 Å². The third-order valence-corrected chi connectivity index (χ3v) is 4.47. The number of nitrogens with one attached hydrogen (secondary N) is 1. The number of thiazole rings is 1. The fourth-order valence-electron chi connectivity index (χ4n) is 2.30. The van der Waals surface area contributed by atoms with Crippen molar-refractivity contribution in [3.8, 4) is 11.3 Å². The van der Waals surface area contributed by atoms with E-state index in [0.717, 1.165) is 42.3 Å². The van der Waals surface area contributed by atoms with E-state index in [4.69, 9.17) is 0 Å². The van der Waals surface area contributed by atoms with Gasteiger partial charge in [-0.05, 0) is 14.0 Å². The van der Waals surface area contributed by atoms with Crippen LogP contribution in [-0.4, -0.2) is 35.7 Å². The lowest BCUT2D eigenvalue weighted by atomic mass is 10.1. The second kappa shape index (κ2) is 6.37. The minimum atomic E-state index is 0.858. The van der Waals surface area contributed by atoms with Gasteiger partial charge in [-0.3, -0.25) is 5.43 Å². The van der Waals surface area contributed by atoms with E-state index in [1.54, 1.807) is 11.3 Å². The average molecular weight is 300 g/mol. The Morgan fingerprint density at radius 3 is 2.62 bits per heavy atom. The van der Waals surface area contributed by atoms with Gasteiger partial charge in [-0.2, -0.15) is 5.10 Å². The minimum Gasteiger partial charge on any atom is -0.306 e. The minimum absolute atomic E-state index is 0.858. The Bertz CT molecular complexity index is 620. The zero-order valence-corrected chi connectivity index (χ0v) is 13.3. The van der Waals surface area contributed by atoms with Crippen molar-refractivity contribution < 1.29 is 0 Å². The molecule has 0 saturated carbocycles. The number of aryl methyl sites for hydroxylation is 1. The molecule has 1 saturated heterocycles. The summed E-state index contributed by atoms with van der Waals surface area (Å²) >= 11 is 1.60. The number of anilines is 1. The fourth-order valence-corrected chi connectivity index (χ4v) is 2.96. The van der Waals surface area contributed by atoms with Gasteiger partial charge in [-0.1, -0.05) is 29.8 Å². The number of benzene rings is 1. The molecule has 1 N–H and O–H groups in total. The maximum Gasteiger partial charge on any atom is 0.203 e. The van der Waals surface area contributed by atoms with Crippen molar-refractivity contribution in [1.29, 1.82) is 0 Å². The third-order valence-electron chi connectivity index (χ3n) is 3.73. The standard InChI is InChI=1S/C16H20N4S/c1-12-3-5-13(6-4-12)15-11-21-16(17-15)19-18-14-7-9-20(2)10-8-14/h3-6,11H,7-10H2,1-2H3,(H,17,19). The first-order valence-corrected chi connectivity index (χ1v) is 8.11. The van der Waals surface area contributed by atoms with E-state index >= 15 is 0 Å². The van der Waals surface area contributed by atoms with Crippen LogP contribution in [0.3, 0.4) is 0 Å². The summed E-state index contributed by atoms with van der Waals surface area (Å²) in [5.74, 6) is 0. The van der Waals surface area contributed by atoms with Crippen LogP contribution in [0, 0.1) is 6.92 Å². The van der Waals surface area contributed by atoms with Crippen molar-refractivity contribution in [2.75, 3.05) is 25.6 Å². The first-order chi connectivity index (χ1) is 10.2. The summed E-state index contributed by atoms with van der Waals surface area (Å²) in [7, 11) is 2.15. The van der Waals surface area contributed by atoms with Crippen molar-refractivity contribution in [2.45, 2.75) is 19.8 Å². The van der Waals surface area contributed by atoms with Crippen LogP contribution in [0.1, 0.15) is 18.4 Å². The number of aromatic nitrogens is 1. The molecule has 1 aromatic carbocycles. The van der Waals surface area contributed by atoms with Crippen LogP contribution in [0.4, 0.5) is 5.13 Å². The van der Waals surface area contributed by atoms with E-state index in [2.05, 4.69) is 64.0 Å². The normalized spacial score (nSPS) is 16.0. The van der Waals surface area contributed by atoms with Crippen LogP contribution < -0.4 is 5.43 Å². The molecule has 4 nitrogen and oxygen atoms in total. The smallest absolute Gasteiger partial charge is 0.203 e. The van der Waals surface area contributed by atoms with E-state index in [9.17, 15) is 0 Å². The summed E-state index contributed by atoms with van der Waals surface area (Å²) in [6, 6.07) is 8.44. The SMILES string of the molecule is Cc1ccc(-c2csc(NN=C3CCN(C)CC3)n2)cc1. The third kappa shape index (κ3) is 3.68. The van der Waals surface area contributed by atoms with Gasteiger partial charge >= 0.3 is 0 Å². The Kier molecular flexibility index (Phi) is 4.31. The molecule has 0 aliphatic carbocycles. The van der Waals surface area contributed by atoms with Crippen molar-refractivity contribution in [2.24, 2.45) is 5.10 Å². The molecule has 21 heavy (non-hydrogen) atoms. The number of hydrazone groups is 1. The molecule has 0 amide bonds. The van der Waals surface area contributed by atoms with Gasteiger partial charge in [-0.25, -0.2) is 4.98 Å². The average Bonchev–Trinajstić information content (AvgIpc) is 2.96. The molecule has 0 bridgehead atoms. The molecule has 0 radical (unpaired) electrons. The van der Waals surface area contributed by atoms with Gasteiger partial charge in [0.2, 0.25) is 5.13 Å². The highest BCUT2D eigenvalue weighted by atomic mass is 32.1. The number of hydrogen-bond donors (Lipinski definition) is 1. The van der Waals surface area contributed by atoms with E-state index in [1.807, 2.05) is 0 Å². The molecule has 0 unspecified atom stereocenters. The maximum atomic E-state index is 4.60.